The lowest BCUT2D eigenvalue weighted by molar-refractivity contribution is -0.137. The average Bonchev–Trinajstić information content (AvgIpc) is 3.67. The molecule has 4 rings (SSSR count). The number of nitrogens with zero attached hydrogens (tertiary/aromatic N) is 1. The van der Waals surface area contributed by atoms with Crippen LogP contribution < -0.4 is 10.6 Å². The van der Waals surface area contributed by atoms with Crippen LogP contribution in [0.4, 0.5) is 17.6 Å². The number of likely N-dealkylation sites (tertiary alicyclic amines) is 1. The molecule has 1 saturated carbocycles. The first kappa shape index (κ1) is 27.1. The third kappa shape index (κ3) is 7.53. The van der Waals surface area contributed by atoms with E-state index in [4.69, 9.17) is 0 Å². The Bertz CT molecular complexity index is 1050. The van der Waals surface area contributed by atoms with Crippen molar-refractivity contribution in [2.75, 3.05) is 19.6 Å². The minimum Gasteiger partial charge on any atom is -0.341 e. The molecule has 200 valence electrons. The van der Waals surface area contributed by atoms with E-state index in [2.05, 4.69) is 10.6 Å². The molecule has 37 heavy (non-hydrogen) atoms. The van der Waals surface area contributed by atoms with Crippen LogP contribution in [0, 0.1) is 5.82 Å². The zero-order chi connectivity index (χ0) is 26.4. The number of benzene rings is 2. The van der Waals surface area contributed by atoms with Gasteiger partial charge in [0, 0.05) is 30.6 Å². The predicted octanol–water partition coefficient (Wildman–Crippen LogP) is 5.27. The van der Waals surface area contributed by atoms with Crippen LogP contribution in [0.25, 0.3) is 0 Å². The topological polar surface area (TPSA) is 61.4 Å². The molecule has 0 radical (unpaired) electrons. The van der Waals surface area contributed by atoms with E-state index in [1.807, 2.05) is 12.1 Å². The van der Waals surface area contributed by atoms with Gasteiger partial charge in [-0.15, -0.1) is 0 Å². The number of hydrogen-bond donors (Lipinski definition) is 2. The Balaban J connectivity index is 1.28. The summed E-state index contributed by atoms with van der Waals surface area (Å²) in [6.45, 7) is 2.07. The van der Waals surface area contributed by atoms with Crippen molar-refractivity contribution < 1.29 is 27.2 Å². The van der Waals surface area contributed by atoms with E-state index in [1.54, 1.807) is 4.90 Å². The van der Waals surface area contributed by atoms with Crippen molar-refractivity contribution >= 4 is 11.8 Å². The zero-order valence-corrected chi connectivity index (χ0v) is 20.7. The highest BCUT2D eigenvalue weighted by atomic mass is 19.4. The molecule has 0 aromatic heterocycles. The maximum absolute atomic E-state index is 13.2. The van der Waals surface area contributed by atoms with Crippen molar-refractivity contribution in [3.05, 3.63) is 71.0 Å². The normalized spacial score (nSPS) is 20.4. The highest BCUT2D eigenvalue weighted by Crippen LogP contribution is 2.40. The second-order valence-electron chi connectivity index (χ2n) is 9.94. The monoisotopic (exact) mass is 519 g/mol. The number of piperidine rings is 1. The molecule has 1 aliphatic carbocycles. The van der Waals surface area contributed by atoms with Crippen molar-refractivity contribution in [1.29, 1.82) is 0 Å². The molecule has 0 spiro atoms. The Hall–Kier alpha value is -2.94. The summed E-state index contributed by atoms with van der Waals surface area (Å²) in [6, 6.07) is 10.2. The summed E-state index contributed by atoms with van der Waals surface area (Å²) in [7, 11) is 0. The van der Waals surface area contributed by atoms with Gasteiger partial charge < -0.3 is 15.5 Å². The van der Waals surface area contributed by atoms with E-state index in [0.717, 1.165) is 68.5 Å². The summed E-state index contributed by atoms with van der Waals surface area (Å²) >= 11 is 0. The lowest BCUT2D eigenvalue weighted by Crippen LogP contribution is -2.50. The number of carbonyl (C=O) groups is 2. The maximum atomic E-state index is 13.2. The minimum absolute atomic E-state index is 0.0895. The number of halogens is 4. The summed E-state index contributed by atoms with van der Waals surface area (Å²) in [4.78, 5) is 27.7. The largest absolute Gasteiger partial charge is 0.416 e. The average molecular weight is 520 g/mol. The summed E-state index contributed by atoms with van der Waals surface area (Å²) in [6.07, 6.45) is 1.41. The maximum Gasteiger partial charge on any atom is 0.416 e. The Kier molecular flexibility index (Phi) is 8.84. The standard InChI is InChI=1S/C28H33F4N3O2/c29-22-13-9-19(10-14-22)23-18-25(23)33-15-3-2-6-24(27(37)35-16-4-1-5-17-35)34-26(36)20-7-11-21(12-8-20)28(30,31)32/h7-14,23-25,33H,1-6,15-18H2,(H,34,36)/t23-,24?,25+/m0/s1. The minimum atomic E-state index is -4.48. The van der Waals surface area contributed by atoms with Gasteiger partial charge in [0.25, 0.3) is 5.91 Å². The summed E-state index contributed by atoms with van der Waals surface area (Å²) in [5.41, 5.74) is 0.388. The first-order chi connectivity index (χ1) is 17.7. The smallest absolute Gasteiger partial charge is 0.341 e. The van der Waals surface area contributed by atoms with Crippen LogP contribution >= 0.6 is 0 Å². The third-order valence-electron chi connectivity index (χ3n) is 7.16. The van der Waals surface area contributed by atoms with Crippen LogP contribution in [-0.2, 0) is 11.0 Å². The highest BCUT2D eigenvalue weighted by molar-refractivity contribution is 5.97. The predicted molar refractivity (Wildman–Crippen MR) is 133 cm³/mol. The number of unbranched alkanes of at least 4 members (excludes halogenated alkanes) is 1. The molecule has 2 aliphatic rings. The van der Waals surface area contributed by atoms with Gasteiger partial charge in [-0.3, -0.25) is 9.59 Å². The fraction of sp³-hybridized carbons (Fsp3) is 0.500. The van der Waals surface area contributed by atoms with Crippen LogP contribution in [0.3, 0.4) is 0 Å². The number of carbonyl (C=O) groups excluding carboxylic acids is 2. The number of rotatable bonds is 10. The Morgan fingerprint density at radius 2 is 1.62 bits per heavy atom. The zero-order valence-electron chi connectivity index (χ0n) is 20.7. The van der Waals surface area contributed by atoms with Crippen LogP contribution in [0.1, 0.15) is 72.3 Å². The van der Waals surface area contributed by atoms with E-state index in [-0.39, 0.29) is 17.3 Å². The first-order valence-corrected chi connectivity index (χ1v) is 13.0. The lowest BCUT2D eigenvalue weighted by Gasteiger charge is -2.31. The molecule has 2 aromatic rings. The molecule has 0 bridgehead atoms. The van der Waals surface area contributed by atoms with Gasteiger partial charge in [0.15, 0.2) is 0 Å². The molecule has 2 aromatic carbocycles. The Morgan fingerprint density at radius 3 is 2.27 bits per heavy atom. The SMILES string of the molecule is O=C(NC(CCCCN[C@@H]1C[C@H]1c1ccc(F)cc1)C(=O)N1CCCCC1)c1ccc(C(F)(F)F)cc1. The van der Waals surface area contributed by atoms with Crippen molar-refractivity contribution in [1.82, 2.24) is 15.5 Å². The Labute approximate surface area is 214 Å². The second kappa shape index (κ2) is 12.1. The molecule has 2 fully saturated rings. The molecular weight excluding hydrogens is 486 g/mol. The quantitative estimate of drug-likeness (QED) is 0.332. The molecule has 1 heterocycles. The van der Waals surface area contributed by atoms with Gasteiger partial charge in [0.1, 0.15) is 11.9 Å². The molecule has 5 nitrogen and oxygen atoms in total. The molecule has 1 saturated heterocycles. The van der Waals surface area contributed by atoms with Crippen molar-refractivity contribution in [2.45, 2.75) is 69.1 Å². The summed E-state index contributed by atoms with van der Waals surface area (Å²) < 4.78 is 51.7. The molecule has 2 amide bonds. The van der Waals surface area contributed by atoms with Gasteiger partial charge in [0.05, 0.1) is 5.56 Å². The van der Waals surface area contributed by atoms with E-state index in [0.29, 0.717) is 37.9 Å². The fourth-order valence-electron chi connectivity index (χ4n) is 4.90. The number of hydrogen-bond acceptors (Lipinski definition) is 3. The van der Waals surface area contributed by atoms with Gasteiger partial charge in [-0.1, -0.05) is 12.1 Å². The first-order valence-electron chi connectivity index (χ1n) is 13.0. The third-order valence-corrected chi connectivity index (χ3v) is 7.16. The van der Waals surface area contributed by atoms with Crippen molar-refractivity contribution in [2.24, 2.45) is 0 Å². The van der Waals surface area contributed by atoms with E-state index < -0.39 is 23.7 Å². The molecular formula is C28H33F4N3O2. The number of nitrogens with one attached hydrogen (secondary N) is 2. The molecule has 1 aliphatic heterocycles. The van der Waals surface area contributed by atoms with Gasteiger partial charge >= 0.3 is 6.18 Å². The van der Waals surface area contributed by atoms with Crippen molar-refractivity contribution in [3.8, 4) is 0 Å². The fourth-order valence-corrected chi connectivity index (χ4v) is 4.90. The van der Waals surface area contributed by atoms with Crippen molar-refractivity contribution in [3.63, 3.8) is 0 Å². The van der Waals surface area contributed by atoms with Crippen LogP contribution in [0.5, 0.6) is 0 Å². The molecule has 9 heteroatoms. The van der Waals surface area contributed by atoms with E-state index in [9.17, 15) is 27.2 Å². The molecule has 1 unspecified atom stereocenters. The van der Waals surface area contributed by atoms with Gasteiger partial charge in [-0.2, -0.15) is 13.2 Å². The number of amides is 2. The van der Waals surface area contributed by atoms with E-state index in [1.165, 1.54) is 12.1 Å². The Morgan fingerprint density at radius 1 is 0.946 bits per heavy atom. The highest BCUT2D eigenvalue weighted by Gasteiger charge is 2.37. The van der Waals surface area contributed by atoms with Crippen LogP contribution in [0.15, 0.2) is 48.5 Å². The number of alkyl halides is 3. The van der Waals surface area contributed by atoms with Gasteiger partial charge in [0.2, 0.25) is 5.91 Å². The van der Waals surface area contributed by atoms with Gasteiger partial charge in [-0.05, 0) is 93.5 Å². The lowest BCUT2D eigenvalue weighted by atomic mass is 10.0. The summed E-state index contributed by atoms with van der Waals surface area (Å²) in [5.74, 6) is -0.543. The second-order valence-corrected chi connectivity index (χ2v) is 9.94. The van der Waals surface area contributed by atoms with Gasteiger partial charge in [-0.25, -0.2) is 4.39 Å². The molecule has 3 atom stereocenters. The molecule has 2 N–H and O–H groups in total. The van der Waals surface area contributed by atoms with E-state index >= 15 is 0 Å². The van der Waals surface area contributed by atoms with Crippen LogP contribution in [-0.4, -0.2) is 48.4 Å². The summed E-state index contributed by atoms with van der Waals surface area (Å²) in [5, 5.41) is 6.27. The van der Waals surface area contributed by atoms with Crippen LogP contribution in [0.2, 0.25) is 0 Å².